The molecule has 1 heterocycles. The predicted molar refractivity (Wildman–Crippen MR) is 78.2 cm³/mol. The largest absolute Gasteiger partial charge is 0.356 e. The van der Waals surface area contributed by atoms with Crippen molar-refractivity contribution < 1.29 is 0 Å². The third kappa shape index (κ3) is 4.00. The maximum absolute atomic E-state index is 4.42. The maximum Gasteiger partial charge on any atom is 0.191 e. The van der Waals surface area contributed by atoms with Crippen LogP contribution in [0.25, 0.3) is 0 Å². The van der Waals surface area contributed by atoms with E-state index < -0.39 is 0 Å². The fourth-order valence-electron chi connectivity index (χ4n) is 1.54. The van der Waals surface area contributed by atoms with Crippen molar-refractivity contribution in [2.24, 2.45) is 10.9 Å². The molecule has 4 heteroatoms. The van der Waals surface area contributed by atoms with E-state index >= 15 is 0 Å². The van der Waals surface area contributed by atoms with E-state index in [1.165, 1.54) is 5.56 Å². The third-order valence-electron chi connectivity index (χ3n) is 2.48. The number of hydrogen-bond donors (Lipinski definition) is 2. The van der Waals surface area contributed by atoms with Gasteiger partial charge in [0, 0.05) is 19.6 Å². The molecule has 16 heavy (non-hydrogen) atoms. The first kappa shape index (κ1) is 13.3. The van der Waals surface area contributed by atoms with Crippen molar-refractivity contribution >= 4 is 29.9 Å². The average molecular weight is 331 g/mol. The van der Waals surface area contributed by atoms with Crippen molar-refractivity contribution in [3.8, 4) is 0 Å². The standard InChI is InChI=1S/C12H17N3.HI/c1-10-7-13-12(14-8-10)15-9-11-5-3-2-4-6-11;/h2-6,10H,7-9H2,1H3,(H2,13,14,15);1H. The molecule has 0 fully saturated rings. The van der Waals surface area contributed by atoms with Crippen LogP contribution in [-0.2, 0) is 6.54 Å². The molecule has 0 amide bonds. The molecule has 0 aliphatic carbocycles. The minimum Gasteiger partial charge on any atom is -0.356 e. The topological polar surface area (TPSA) is 36.4 Å². The second kappa shape index (κ2) is 6.73. The normalized spacial score (nSPS) is 19.1. The molecule has 0 spiro atoms. The summed E-state index contributed by atoms with van der Waals surface area (Å²) in [7, 11) is 0. The highest BCUT2D eigenvalue weighted by Crippen LogP contribution is 2.00. The summed E-state index contributed by atoms with van der Waals surface area (Å²) < 4.78 is 0. The van der Waals surface area contributed by atoms with Crippen molar-refractivity contribution in [2.45, 2.75) is 13.5 Å². The summed E-state index contributed by atoms with van der Waals surface area (Å²) in [5, 5.41) is 6.58. The van der Waals surface area contributed by atoms with Crippen LogP contribution in [0.4, 0.5) is 0 Å². The molecule has 88 valence electrons. The van der Waals surface area contributed by atoms with Crippen molar-refractivity contribution in [1.82, 2.24) is 10.6 Å². The SMILES string of the molecule is CC1CN=C(NCc2ccccc2)NC1.I. The Morgan fingerprint density at radius 1 is 1.38 bits per heavy atom. The van der Waals surface area contributed by atoms with E-state index in [4.69, 9.17) is 0 Å². The Hall–Kier alpha value is -0.780. The molecule has 3 nitrogen and oxygen atoms in total. The van der Waals surface area contributed by atoms with Gasteiger partial charge in [0.25, 0.3) is 0 Å². The number of benzene rings is 1. The smallest absolute Gasteiger partial charge is 0.191 e. The Morgan fingerprint density at radius 2 is 2.12 bits per heavy atom. The second-order valence-corrected chi connectivity index (χ2v) is 4.01. The minimum atomic E-state index is 0. The Balaban J connectivity index is 0.00000128. The van der Waals surface area contributed by atoms with E-state index in [0.717, 1.165) is 25.6 Å². The van der Waals surface area contributed by atoms with Gasteiger partial charge in [-0.05, 0) is 11.5 Å². The summed E-state index contributed by atoms with van der Waals surface area (Å²) in [5.41, 5.74) is 1.28. The summed E-state index contributed by atoms with van der Waals surface area (Å²) in [5.74, 6) is 1.57. The summed E-state index contributed by atoms with van der Waals surface area (Å²) in [6.07, 6.45) is 0. The van der Waals surface area contributed by atoms with Crippen molar-refractivity contribution in [3.05, 3.63) is 35.9 Å². The summed E-state index contributed by atoms with van der Waals surface area (Å²) in [4.78, 5) is 4.42. The molecular formula is C12H18IN3. The number of halogens is 1. The highest BCUT2D eigenvalue weighted by atomic mass is 127. The lowest BCUT2D eigenvalue weighted by molar-refractivity contribution is 0.542. The van der Waals surface area contributed by atoms with Crippen molar-refractivity contribution in [1.29, 1.82) is 0 Å². The second-order valence-electron chi connectivity index (χ2n) is 4.01. The quantitative estimate of drug-likeness (QED) is 0.813. The van der Waals surface area contributed by atoms with E-state index in [1.807, 2.05) is 6.07 Å². The zero-order valence-electron chi connectivity index (χ0n) is 9.44. The van der Waals surface area contributed by atoms with Gasteiger partial charge >= 0.3 is 0 Å². The molecule has 2 rings (SSSR count). The summed E-state index contributed by atoms with van der Waals surface area (Å²) >= 11 is 0. The monoisotopic (exact) mass is 331 g/mol. The molecule has 1 aromatic rings. The van der Waals surface area contributed by atoms with Crippen molar-refractivity contribution in [2.75, 3.05) is 13.1 Å². The van der Waals surface area contributed by atoms with Gasteiger partial charge in [-0.25, -0.2) is 0 Å². The number of guanidine groups is 1. The van der Waals surface area contributed by atoms with Crippen LogP contribution < -0.4 is 10.6 Å². The Kier molecular flexibility index (Phi) is 5.59. The van der Waals surface area contributed by atoms with Gasteiger partial charge in [-0.2, -0.15) is 0 Å². The van der Waals surface area contributed by atoms with Gasteiger partial charge in [0.1, 0.15) is 0 Å². The van der Waals surface area contributed by atoms with Crippen LogP contribution in [-0.4, -0.2) is 19.0 Å². The molecule has 1 aliphatic heterocycles. The van der Waals surface area contributed by atoms with Gasteiger partial charge in [0.05, 0.1) is 0 Å². The molecule has 0 bridgehead atoms. The molecule has 0 saturated carbocycles. The van der Waals surface area contributed by atoms with Crippen LogP contribution in [0.15, 0.2) is 35.3 Å². The molecule has 0 radical (unpaired) electrons. The third-order valence-corrected chi connectivity index (χ3v) is 2.48. The lowest BCUT2D eigenvalue weighted by atomic mass is 10.1. The van der Waals surface area contributed by atoms with Gasteiger partial charge in [-0.15, -0.1) is 24.0 Å². The predicted octanol–water partition coefficient (Wildman–Crippen LogP) is 1.99. The van der Waals surface area contributed by atoms with Gasteiger partial charge < -0.3 is 10.6 Å². The molecule has 0 aromatic heterocycles. The van der Waals surface area contributed by atoms with E-state index in [-0.39, 0.29) is 24.0 Å². The van der Waals surface area contributed by atoms with Crippen LogP contribution in [0.1, 0.15) is 12.5 Å². The number of nitrogens with zero attached hydrogens (tertiary/aromatic N) is 1. The zero-order chi connectivity index (χ0) is 10.5. The maximum atomic E-state index is 4.42. The summed E-state index contributed by atoms with van der Waals surface area (Å²) in [6, 6.07) is 10.4. The van der Waals surface area contributed by atoms with E-state index in [0.29, 0.717) is 5.92 Å². The lowest BCUT2D eigenvalue weighted by Crippen LogP contribution is -2.43. The average Bonchev–Trinajstić information content (AvgIpc) is 2.30. The Morgan fingerprint density at radius 3 is 2.75 bits per heavy atom. The minimum absolute atomic E-state index is 0. The van der Waals surface area contributed by atoms with E-state index in [2.05, 4.69) is 46.8 Å². The van der Waals surface area contributed by atoms with Crippen LogP contribution in [0.2, 0.25) is 0 Å². The lowest BCUT2D eigenvalue weighted by Gasteiger charge is -2.20. The number of nitrogens with one attached hydrogen (secondary N) is 2. The Bertz CT molecular complexity index is 337. The van der Waals surface area contributed by atoms with Gasteiger partial charge in [0.2, 0.25) is 0 Å². The molecule has 2 N–H and O–H groups in total. The number of rotatable bonds is 2. The first-order chi connectivity index (χ1) is 7.34. The van der Waals surface area contributed by atoms with Crippen LogP contribution >= 0.6 is 24.0 Å². The highest BCUT2D eigenvalue weighted by molar-refractivity contribution is 14.0. The molecular weight excluding hydrogens is 313 g/mol. The molecule has 1 unspecified atom stereocenters. The van der Waals surface area contributed by atoms with Crippen molar-refractivity contribution in [3.63, 3.8) is 0 Å². The van der Waals surface area contributed by atoms with Crippen LogP contribution in [0, 0.1) is 5.92 Å². The fraction of sp³-hybridized carbons (Fsp3) is 0.417. The zero-order valence-corrected chi connectivity index (χ0v) is 11.8. The Labute approximate surface area is 114 Å². The molecule has 1 aliphatic rings. The molecule has 1 atom stereocenters. The summed E-state index contributed by atoms with van der Waals surface area (Å²) in [6.45, 7) is 4.97. The first-order valence-electron chi connectivity index (χ1n) is 5.41. The fourth-order valence-corrected chi connectivity index (χ4v) is 1.54. The van der Waals surface area contributed by atoms with Gasteiger partial charge in [0.15, 0.2) is 5.96 Å². The molecule has 0 saturated heterocycles. The van der Waals surface area contributed by atoms with Gasteiger partial charge in [-0.1, -0.05) is 37.3 Å². The highest BCUT2D eigenvalue weighted by Gasteiger charge is 2.09. The molecule has 1 aromatic carbocycles. The van der Waals surface area contributed by atoms with Crippen LogP contribution in [0.5, 0.6) is 0 Å². The van der Waals surface area contributed by atoms with E-state index in [1.54, 1.807) is 0 Å². The number of aliphatic imine (C=N–C) groups is 1. The first-order valence-corrected chi connectivity index (χ1v) is 5.41. The van der Waals surface area contributed by atoms with Crippen LogP contribution in [0.3, 0.4) is 0 Å². The van der Waals surface area contributed by atoms with Gasteiger partial charge in [-0.3, -0.25) is 4.99 Å². The number of hydrogen-bond acceptors (Lipinski definition) is 3. The van der Waals surface area contributed by atoms with E-state index in [9.17, 15) is 0 Å².